The van der Waals surface area contributed by atoms with Crippen molar-refractivity contribution in [2.45, 2.75) is 13.8 Å². The van der Waals surface area contributed by atoms with Gasteiger partial charge in [-0.1, -0.05) is 31.5 Å². The first-order chi connectivity index (χ1) is 14.7. The molecule has 3 amide bonds. The first-order valence-electron chi connectivity index (χ1n) is 9.94. The van der Waals surface area contributed by atoms with Gasteiger partial charge in [-0.2, -0.15) is 0 Å². The largest absolute Gasteiger partial charge is 0.384 e. The number of fused-ring (bicyclic) bond motifs is 1. The number of para-hydroxylation sites is 1. The Morgan fingerprint density at radius 2 is 1.77 bits per heavy atom. The van der Waals surface area contributed by atoms with E-state index in [4.69, 9.17) is 17.3 Å². The van der Waals surface area contributed by atoms with E-state index in [0.29, 0.717) is 42.6 Å². The molecular weight excluding hydrogens is 422 g/mol. The van der Waals surface area contributed by atoms with Gasteiger partial charge in [-0.25, -0.2) is 0 Å². The van der Waals surface area contributed by atoms with Crippen molar-refractivity contribution in [3.63, 3.8) is 0 Å². The first kappa shape index (κ1) is 20.9. The van der Waals surface area contributed by atoms with E-state index in [-0.39, 0.29) is 28.8 Å². The SMILES string of the molecule is CC(C)C(=O)N1CCN(c2c(Cl)cccc2-n2c(N)c3c(cc2=O)C(=O)NC3=O)CC1. The third-order valence-corrected chi connectivity index (χ3v) is 5.87. The molecule has 31 heavy (non-hydrogen) atoms. The minimum atomic E-state index is -0.645. The highest BCUT2D eigenvalue weighted by molar-refractivity contribution is 6.33. The van der Waals surface area contributed by atoms with E-state index < -0.39 is 17.4 Å². The monoisotopic (exact) mass is 443 g/mol. The number of hydrogen-bond donors (Lipinski definition) is 2. The number of carbonyl (C=O) groups is 3. The van der Waals surface area contributed by atoms with E-state index in [0.717, 1.165) is 6.07 Å². The van der Waals surface area contributed by atoms with Gasteiger partial charge in [0.1, 0.15) is 5.82 Å². The third kappa shape index (κ3) is 3.44. The molecule has 0 unspecified atom stereocenters. The molecule has 1 aromatic carbocycles. The predicted octanol–water partition coefficient (Wildman–Crippen LogP) is 1.26. The molecule has 3 N–H and O–H groups in total. The summed E-state index contributed by atoms with van der Waals surface area (Å²) in [4.78, 5) is 53.1. The van der Waals surface area contributed by atoms with Crippen LogP contribution in [0.5, 0.6) is 0 Å². The lowest BCUT2D eigenvalue weighted by Crippen LogP contribution is -2.50. The van der Waals surface area contributed by atoms with Gasteiger partial charge < -0.3 is 15.5 Å². The number of nitrogen functional groups attached to an aromatic ring is 1. The quantitative estimate of drug-likeness (QED) is 0.689. The standard InChI is InChI=1S/C21H22ClN5O4/c1-11(2)21(31)26-8-6-25(7-9-26)17-13(22)4-3-5-14(17)27-15(28)10-12-16(18(27)23)20(30)24-19(12)29/h3-5,10-11H,6-9,23H2,1-2H3,(H,24,29,30). The molecule has 0 spiro atoms. The van der Waals surface area contributed by atoms with Gasteiger partial charge in [-0.3, -0.25) is 29.1 Å². The summed E-state index contributed by atoms with van der Waals surface area (Å²) in [5.41, 5.74) is 6.59. The number of nitrogens with two attached hydrogens (primary N) is 1. The zero-order valence-corrected chi connectivity index (χ0v) is 17.9. The van der Waals surface area contributed by atoms with Gasteiger partial charge in [0.15, 0.2) is 0 Å². The van der Waals surface area contributed by atoms with Crippen LogP contribution in [0.4, 0.5) is 11.5 Å². The second kappa shape index (κ2) is 7.73. The highest BCUT2D eigenvalue weighted by atomic mass is 35.5. The topological polar surface area (TPSA) is 118 Å². The Labute approximate surface area is 183 Å². The van der Waals surface area contributed by atoms with Crippen LogP contribution in [0, 0.1) is 5.92 Å². The van der Waals surface area contributed by atoms with Gasteiger partial charge in [0.05, 0.1) is 27.5 Å². The molecule has 0 saturated carbocycles. The van der Waals surface area contributed by atoms with Gasteiger partial charge in [-0.15, -0.1) is 0 Å². The molecule has 3 heterocycles. The van der Waals surface area contributed by atoms with E-state index in [1.165, 1.54) is 4.57 Å². The Bertz CT molecular complexity index is 1170. The zero-order chi connectivity index (χ0) is 22.4. The number of aromatic nitrogens is 1. The summed E-state index contributed by atoms with van der Waals surface area (Å²) in [6, 6.07) is 6.18. The Morgan fingerprint density at radius 1 is 1.10 bits per heavy atom. The molecule has 1 aromatic heterocycles. The van der Waals surface area contributed by atoms with Crippen molar-refractivity contribution < 1.29 is 14.4 Å². The molecule has 4 rings (SSSR count). The van der Waals surface area contributed by atoms with Gasteiger partial charge in [-0.05, 0) is 12.1 Å². The Hall–Kier alpha value is -3.33. The summed E-state index contributed by atoms with van der Waals surface area (Å²) in [6.07, 6.45) is 0. The van der Waals surface area contributed by atoms with Gasteiger partial charge in [0.25, 0.3) is 17.4 Å². The summed E-state index contributed by atoms with van der Waals surface area (Å²) in [5, 5.41) is 2.57. The van der Waals surface area contributed by atoms with Crippen LogP contribution in [-0.2, 0) is 4.79 Å². The van der Waals surface area contributed by atoms with Crippen LogP contribution in [-0.4, -0.2) is 53.4 Å². The Morgan fingerprint density at radius 3 is 2.42 bits per heavy atom. The fraction of sp³-hybridized carbons (Fsp3) is 0.333. The minimum Gasteiger partial charge on any atom is -0.384 e. The van der Waals surface area contributed by atoms with E-state index >= 15 is 0 Å². The number of hydrogen-bond acceptors (Lipinski definition) is 6. The summed E-state index contributed by atoms with van der Waals surface area (Å²) in [5.74, 6) is -1.40. The van der Waals surface area contributed by atoms with E-state index in [2.05, 4.69) is 5.32 Å². The average Bonchev–Trinajstić information content (AvgIpc) is 3.01. The highest BCUT2D eigenvalue weighted by Gasteiger charge is 2.33. The molecular formula is C21H22ClN5O4. The molecule has 10 heteroatoms. The number of rotatable bonds is 3. The second-order valence-corrected chi connectivity index (χ2v) is 8.26. The van der Waals surface area contributed by atoms with Crippen LogP contribution in [0.25, 0.3) is 5.69 Å². The summed E-state index contributed by atoms with van der Waals surface area (Å²) in [7, 11) is 0. The number of benzene rings is 1. The van der Waals surface area contributed by atoms with Crippen molar-refractivity contribution in [1.82, 2.24) is 14.8 Å². The number of amides is 3. The molecule has 0 atom stereocenters. The smallest absolute Gasteiger partial charge is 0.262 e. The van der Waals surface area contributed by atoms with E-state index in [9.17, 15) is 19.2 Å². The van der Waals surface area contributed by atoms with Crippen LogP contribution in [0.1, 0.15) is 34.6 Å². The second-order valence-electron chi connectivity index (χ2n) is 7.85. The number of pyridine rings is 1. The lowest BCUT2D eigenvalue weighted by atomic mass is 10.1. The lowest BCUT2D eigenvalue weighted by molar-refractivity contribution is -0.134. The molecule has 1 saturated heterocycles. The number of piperazine rings is 1. The van der Waals surface area contributed by atoms with Gasteiger partial charge in [0.2, 0.25) is 5.91 Å². The van der Waals surface area contributed by atoms with Crippen LogP contribution in [0.3, 0.4) is 0 Å². The molecule has 0 radical (unpaired) electrons. The van der Waals surface area contributed by atoms with Crippen LogP contribution >= 0.6 is 11.6 Å². The molecule has 0 bridgehead atoms. The van der Waals surface area contributed by atoms with Crippen molar-refractivity contribution in [2.75, 3.05) is 36.8 Å². The molecule has 162 valence electrons. The molecule has 1 fully saturated rings. The Balaban J connectivity index is 1.77. The molecule has 2 aliphatic rings. The maximum absolute atomic E-state index is 12.9. The van der Waals surface area contributed by atoms with Crippen LogP contribution in [0.15, 0.2) is 29.1 Å². The average molecular weight is 444 g/mol. The van der Waals surface area contributed by atoms with Gasteiger partial charge >= 0.3 is 0 Å². The molecule has 9 nitrogen and oxygen atoms in total. The Kier molecular flexibility index (Phi) is 5.22. The maximum Gasteiger partial charge on any atom is 0.262 e. The fourth-order valence-electron chi connectivity index (χ4n) is 4.04. The predicted molar refractivity (Wildman–Crippen MR) is 117 cm³/mol. The van der Waals surface area contributed by atoms with Crippen molar-refractivity contribution >= 4 is 40.8 Å². The van der Waals surface area contributed by atoms with Crippen molar-refractivity contribution in [3.05, 3.63) is 50.8 Å². The lowest BCUT2D eigenvalue weighted by Gasteiger charge is -2.38. The van der Waals surface area contributed by atoms with Crippen molar-refractivity contribution in [2.24, 2.45) is 5.92 Å². The van der Waals surface area contributed by atoms with E-state index in [1.54, 1.807) is 18.2 Å². The number of nitrogens with one attached hydrogen (secondary N) is 1. The minimum absolute atomic E-state index is 0.0251. The number of carbonyl (C=O) groups excluding carboxylic acids is 3. The van der Waals surface area contributed by atoms with Crippen molar-refractivity contribution in [3.8, 4) is 5.69 Å². The highest BCUT2D eigenvalue weighted by Crippen LogP contribution is 2.35. The number of nitrogens with zero attached hydrogens (tertiary/aromatic N) is 3. The number of halogens is 1. The fourth-order valence-corrected chi connectivity index (χ4v) is 4.33. The maximum atomic E-state index is 12.9. The third-order valence-electron chi connectivity index (χ3n) is 5.56. The summed E-state index contributed by atoms with van der Waals surface area (Å²) >= 11 is 6.52. The summed E-state index contributed by atoms with van der Waals surface area (Å²) < 4.78 is 1.20. The molecule has 2 aliphatic heterocycles. The molecule has 2 aromatic rings. The zero-order valence-electron chi connectivity index (χ0n) is 17.1. The normalized spacial score (nSPS) is 16.0. The van der Waals surface area contributed by atoms with Gasteiger partial charge in [0, 0.05) is 38.2 Å². The van der Waals surface area contributed by atoms with Crippen LogP contribution in [0.2, 0.25) is 5.02 Å². The number of anilines is 2. The van der Waals surface area contributed by atoms with Crippen LogP contribution < -0.4 is 21.5 Å². The van der Waals surface area contributed by atoms with E-state index in [1.807, 2.05) is 23.6 Å². The number of imide groups is 1. The van der Waals surface area contributed by atoms with Crippen molar-refractivity contribution in [1.29, 1.82) is 0 Å². The first-order valence-corrected chi connectivity index (χ1v) is 10.3. The summed E-state index contributed by atoms with van der Waals surface area (Å²) in [6.45, 7) is 5.82. The molecule has 0 aliphatic carbocycles.